The fraction of sp³-hybridized carbons (Fsp3) is 0.450. The fourth-order valence-corrected chi connectivity index (χ4v) is 3.84. The summed E-state index contributed by atoms with van der Waals surface area (Å²) in [6.07, 6.45) is 8.05. The van der Waals surface area contributed by atoms with Crippen molar-refractivity contribution in [1.82, 2.24) is 29.6 Å². The quantitative estimate of drug-likeness (QED) is 0.691. The molecule has 0 N–H and O–H groups in total. The summed E-state index contributed by atoms with van der Waals surface area (Å²) in [5.74, 6) is 1.48. The molecule has 8 heteroatoms. The second kappa shape index (κ2) is 7.53. The monoisotopic (exact) mass is 380 g/mol. The number of nitrogens with zero attached hydrogens (tertiary/aromatic N) is 6. The molecule has 3 aromatic heterocycles. The van der Waals surface area contributed by atoms with E-state index in [4.69, 9.17) is 9.51 Å². The van der Waals surface area contributed by atoms with Crippen LogP contribution in [0.4, 0.5) is 0 Å². The van der Waals surface area contributed by atoms with Crippen LogP contribution in [0.5, 0.6) is 0 Å². The minimum Gasteiger partial charge on any atom is -0.361 e. The predicted octanol–water partition coefficient (Wildman–Crippen LogP) is 3.01. The molecule has 28 heavy (non-hydrogen) atoms. The lowest BCUT2D eigenvalue weighted by atomic mass is 10.0. The van der Waals surface area contributed by atoms with Crippen molar-refractivity contribution in [2.75, 3.05) is 6.54 Å². The number of aryl methyl sites for hydroxylation is 3. The van der Waals surface area contributed by atoms with Gasteiger partial charge in [0.1, 0.15) is 12.3 Å². The van der Waals surface area contributed by atoms with Gasteiger partial charge in [0.15, 0.2) is 5.82 Å². The number of carbonyl (C=O) groups is 1. The third kappa shape index (κ3) is 3.54. The standard InChI is InChI=1S/C20H24N6O2/c1-13-10-16(19-14(2)24-28-15(19)3)23-20(22-13)17-6-4-5-8-26(17)18(27)11-25-9-7-21-12-25/h7,9-10,12,17H,4-6,8,11H2,1-3H3/t17-/m0/s1. The highest BCUT2D eigenvalue weighted by Crippen LogP contribution is 2.32. The Morgan fingerprint density at radius 3 is 2.82 bits per heavy atom. The van der Waals surface area contributed by atoms with Crippen LogP contribution >= 0.6 is 0 Å². The smallest absolute Gasteiger partial charge is 0.243 e. The summed E-state index contributed by atoms with van der Waals surface area (Å²) in [5.41, 5.74) is 3.37. The maximum absolute atomic E-state index is 13.0. The molecule has 1 fully saturated rings. The van der Waals surface area contributed by atoms with Crippen molar-refractivity contribution in [3.8, 4) is 11.3 Å². The zero-order valence-electron chi connectivity index (χ0n) is 16.4. The van der Waals surface area contributed by atoms with Crippen molar-refractivity contribution in [3.05, 3.63) is 47.8 Å². The van der Waals surface area contributed by atoms with Gasteiger partial charge in [0.05, 0.1) is 29.3 Å². The summed E-state index contributed by atoms with van der Waals surface area (Å²) >= 11 is 0. The maximum Gasteiger partial charge on any atom is 0.243 e. The average Bonchev–Trinajstić information content (AvgIpc) is 3.30. The number of carbonyl (C=O) groups excluding carboxylic acids is 1. The lowest BCUT2D eigenvalue weighted by molar-refractivity contribution is -0.136. The number of aromatic nitrogens is 5. The molecule has 0 bridgehead atoms. The number of piperidine rings is 1. The number of imidazole rings is 1. The molecular weight excluding hydrogens is 356 g/mol. The maximum atomic E-state index is 13.0. The zero-order chi connectivity index (χ0) is 19.7. The Bertz CT molecular complexity index is 959. The van der Waals surface area contributed by atoms with Gasteiger partial charge in [0.2, 0.25) is 5.91 Å². The molecule has 8 nitrogen and oxygen atoms in total. The van der Waals surface area contributed by atoms with Gasteiger partial charge in [0, 0.05) is 24.6 Å². The van der Waals surface area contributed by atoms with Crippen LogP contribution in [0.1, 0.15) is 48.3 Å². The van der Waals surface area contributed by atoms with Crippen LogP contribution in [0.2, 0.25) is 0 Å². The fourth-order valence-electron chi connectivity index (χ4n) is 3.84. The van der Waals surface area contributed by atoms with E-state index < -0.39 is 0 Å². The average molecular weight is 380 g/mol. The van der Waals surface area contributed by atoms with Gasteiger partial charge >= 0.3 is 0 Å². The number of amides is 1. The summed E-state index contributed by atoms with van der Waals surface area (Å²) < 4.78 is 7.10. The van der Waals surface area contributed by atoms with Gasteiger partial charge in [-0.05, 0) is 46.1 Å². The van der Waals surface area contributed by atoms with Gasteiger partial charge in [-0.2, -0.15) is 0 Å². The minimum atomic E-state index is -0.121. The lowest BCUT2D eigenvalue weighted by Gasteiger charge is -2.35. The summed E-state index contributed by atoms with van der Waals surface area (Å²) in [6, 6.07) is 1.82. The Morgan fingerprint density at radius 1 is 1.25 bits per heavy atom. The third-order valence-corrected chi connectivity index (χ3v) is 5.16. The van der Waals surface area contributed by atoms with Crippen LogP contribution in [0.15, 0.2) is 29.3 Å². The van der Waals surface area contributed by atoms with Crippen LogP contribution in [0, 0.1) is 20.8 Å². The zero-order valence-corrected chi connectivity index (χ0v) is 16.4. The molecule has 0 spiro atoms. The van der Waals surface area contributed by atoms with Crippen molar-refractivity contribution in [2.45, 2.75) is 52.6 Å². The van der Waals surface area contributed by atoms with Crippen LogP contribution < -0.4 is 0 Å². The lowest BCUT2D eigenvalue weighted by Crippen LogP contribution is -2.41. The van der Waals surface area contributed by atoms with Crippen LogP contribution in [-0.4, -0.2) is 42.0 Å². The van der Waals surface area contributed by atoms with Crippen molar-refractivity contribution in [1.29, 1.82) is 0 Å². The Hall–Kier alpha value is -3.03. The molecule has 1 aliphatic rings. The first-order chi connectivity index (χ1) is 13.5. The van der Waals surface area contributed by atoms with E-state index in [2.05, 4.69) is 15.1 Å². The van der Waals surface area contributed by atoms with E-state index in [0.717, 1.165) is 54.2 Å². The summed E-state index contributed by atoms with van der Waals surface area (Å²) in [6.45, 7) is 6.74. The second-order valence-corrected chi connectivity index (χ2v) is 7.29. The van der Waals surface area contributed by atoms with Gasteiger partial charge in [-0.25, -0.2) is 15.0 Å². The molecule has 0 aromatic carbocycles. The van der Waals surface area contributed by atoms with E-state index >= 15 is 0 Å². The van der Waals surface area contributed by atoms with Crippen LogP contribution in [-0.2, 0) is 11.3 Å². The van der Waals surface area contributed by atoms with Gasteiger partial charge in [-0.15, -0.1) is 0 Å². The number of hydrogen-bond acceptors (Lipinski definition) is 6. The largest absolute Gasteiger partial charge is 0.361 e. The number of hydrogen-bond donors (Lipinski definition) is 0. The second-order valence-electron chi connectivity index (χ2n) is 7.29. The summed E-state index contributed by atoms with van der Waals surface area (Å²) in [7, 11) is 0. The molecule has 0 saturated carbocycles. The van der Waals surface area contributed by atoms with Crippen LogP contribution in [0.3, 0.4) is 0 Å². The Kier molecular flexibility index (Phi) is 4.93. The molecular formula is C20H24N6O2. The molecule has 4 rings (SSSR count). The highest BCUT2D eigenvalue weighted by atomic mass is 16.5. The van der Waals surface area contributed by atoms with E-state index in [9.17, 15) is 4.79 Å². The number of rotatable bonds is 4. The molecule has 1 atom stereocenters. The first kappa shape index (κ1) is 18.3. The molecule has 0 aliphatic carbocycles. The predicted molar refractivity (Wildman–Crippen MR) is 102 cm³/mol. The van der Waals surface area contributed by atoms with E-state index in [-0.39, 0.29) is 18.5 Å². The van der Waals surface area contributed by atoms with Crippen molar-refractivity contribution < 1.29 is 9.32 Å². The Labute approximate surface area is 163 Å². The van der Waals surface area contributed by atoms with Crippen molar-refractivity contribution >= 4 is 5.91 Å². The normalized spacial score (nSPS) is 17.1. The van der Waals surface area contributed by atoms with E-state index in [1.165, 1.54) is 0 Å². The van der Waals surface area contributed by atoms with Crippen molar-refractivity contribution in [3.63, 3.8) is 0 Å². The molecule has 1 saturated heterocycles. The van der Waals surface area contributed by atoms with Gasteiger partial charge in [0.25, 0.3) is 0 Å². The third-order valence-electron chi connectivity index (χ3n) is 5.16. The summed E-state index contributed by atoms with van der Waals surface area (Å²) in [4.78, 5) is 28.4. The Morgan fingerprint density at radius 2 is 2.11 bits per heavy atom. The Balaban J connectivity index is 1.67. The van der Waals surface area contributed by atoms with Gasteiger partial charge < -0.3 is 14.0 Å². The molecule has 1 amide bonds. The first-order valence-electron chi connectivity index (χ1n) is 9.57. The molecule has 0 radical (unpaired) electrons. The number of likely N-dealkylation sites (tertiary alicyclic amines) is 1. The van der Waals surface area contributed by atoms with Crippen LogP contribution in [0.25, 0.3) is 11.3 Å². The molecule has 146 valence electrons. The molecule has 0 unspecified atom stereocenters. The molecule has 3 aromatic rings. The first-order valence-corrected chi connectivity index (χ1v) is 9.57. The highest BCUT2D eigenvalue weighted by Gasteiger charge is 2.30. The topological polar surface area (TPSA) is 89.9 Å². The molecule has 4 heterocycles. The van der Waals surface area contributed by atoms with E-state index in [1.807, 2.05) is 31.7 Å². The van der Waals surface area contributed by atoms with E-state index in [1.54, 1.807) is 23.3 Å². The van der Waals surface area contributed by atoms with Gasteiger partial charge in [-0.1, -0.05) is 5.16 Å². The minimum absolute atomic E-state index is 0.0618. The summed E-state index contributed by atoms with van der Waals surface area (Å²) in [5, 5.41) is 4.04. The van der Waals surface area contributed by atoms with Crippen molar-refractivity contribution in [2.24, 2.45) is 0 Å². The van der Waals surface area contributed by atoms with Gasteiger partial charge in [-0.3, -0.25) is 4.79 Å². The van der Waals surface area contributed by atoms with E-state index in [0.29, 0.717) is 5.82 Å². The highest BCUT2D eigenvalue weighted by molar-refractivity contribution is 5.76. The SMILES string of the molecule is Cc1cc(-c2c(C)noc2C)nc([C@@H]2CCCCN2C(=O)Cn2ccnc2)n1. The molecule has 1 aliphatic heterocycles.